The number of carboxylic acid groups (broad SMARTS) is 4. The van der Waals surface area contributed by atoms with E-state index >= 15 is 0 Å². The molecular formula is C12H20BaCaO8. The van der Waals surface area contributed by atoms with Crippen LogP contribution in [-0.2, 0) is 19.2 Å². The zero-order valence-corrected chi connectivity index (χ0v) is 20.2. The maximum atomic E-state index is 9.26. The van der Waals surface area contributed by atoms with Crippen LogP contribution in [0.25, 0.3) is 0 Å². The smallest absolute Gasteiger partial charge is 0.550 e. The third-order valence-corrected chi connectivity index (χ3v) is 1.15. The first-order valence-corrected chi connectivity index (χ1v) is 5.88. The van der Waals surface area contributed by atoms with Crippen LogP contribution in [0.4, 0.5) is 0 Å². The molecule has 22 heavy (non-hydrogen) atoms. The Morgan fingerprint density at radius 1 is 0.545 bits per heavy atom. The number of aliphatic carboxylic acids is 4. The van der Waals surface area contributed by atoms with E-state index in [2.05, 4.69) is 0 Å². The zero-order chi connectivity index (χ0) is 17.1. The van der Waals surface area contributed by atoms with Crippen LogP contribution in [0.3, 0.4) is 0 Å². The molecular weight excluding hydrogens is 450 g/mol. The van der Waals surface area contributed by atoms with Crippen LogP contribution < -0.4 is 20.4 Å². The van der Waals surface area contributed by atoms with E-state index in [0.29, 0.717) is 0 Å². The van der Waals surface area contributed by atoms with Gasteiger partial charge in [-0.05, 0) is 25.7 Å². The molecule has 0 rings (SSSR count). The molecule has 0 aliphatic heterocycles. The van der Waals surface area contributed by atoms with E-state index in [-0.39, 0.29) is 112 Å². The Morgan fingerprint density at radius 2 is 0.591 bits per heavy atom. The van der Waals surface area contributed by atoms with E-state index in [0.717, 1.165) is 0 Å². The summed E-state index contributed by atoms with van der Waals surface area (Å²) in [6.07, 6.45) is 0.444. The second-order valence-corrected chi connectivity index (χ2v) is 2.90. The van der Waals surface area contributed by atoms with Crippen molar-refractivity contribution in [2.24, 2.45) is 0 Å². The zero-order valence-electron chi connectivity index (χ0n) is 13.5. The van der Waals surface area contributed by atoms with Gasteiger partial charge >= 0.3 is 86.6 Å². The molecule has 0 radical (unpaired) electrons. The molecule has 0 spiro atoms. The van der Waals surface area contributed by atoms with Gasteiger partial charge in [-0.2, -0.15) is 0 Å². The monoisotopic (exact) mass is 470 g/mol. The number of carbonyl (C=O) groups is 4. The molecule has 0 fully saturated rings. The number of carbonyl (C=O) groups excluding carboxylic acids is 4. The van der Waals surface area contributed by atoms with Gasteiger partial charge in [-0.15, -0.1) is 0 Å². The van der Waals surface area contributed by atoms with Gasteiger partial charge in [0.25, 0.3) is 0 Å². The summed E-state index contributed by atoms with van der Waals surface area (Å²) >= 11 is 0. The number of carboxylic acids is 4. The average Bonchev–Trinajstić information content (AvgIpc) is 2.40. The summed E-state index contributed by atoms with van der Waals surface area (Å²) in [4.78, 5) is 37.0. The summed E-state index contributed by atoms with van der Waals surface area (Å²) in [6, 6.07) is 0. The maximum absolute atomic E-state index is 9.26. The van der Waals surface area contributed by atoms with Crippen molar-refractivity contribution in [3.63, 3.8) is 0 Å². The summed E-state index contributed by atoms with van der Waals surface area (Å²) in [7, 11) is 0. The topological polar surface area (TPSA) is 161 Å². The van der Waals surface area contributed by atoms with E-state index in [9.17, 15) is 39.6 Å². The summed E-state index contributed by atoms with van der Waals surface area (Å²) in [5.74, 6) is -3.98. The van der Waals surface area contributed by atoms with E-state index in [1.165, 1.54) is 27.7 Å². The van der Waals surface area contributed by atoms with Crippen molar-refractivity contribution >= 4 is 110 Å². The fourth-order valence-electron chi connectivity index (χ4n) is 0. The first-order chi connectivity index (χ1) is 9.08. The maximum Gasteiger partial charge on any atom is 2.00 e. The van der Waals surface area contributed by atoms with E-state index in [1.54, 1.807) is 0 Å². The van der Waals surface area contributed by atoms with Crippen molar-refractivity contribution in [3.05, 3.63) is 0 Å². The first kappa shape index (κ1) is 38.3. The molecule has 0 aliphatic carbocycles. The van der Waals surface area contributed by atoms with Crippen molar-refractivity contribution in [1.29, 1.82) is 0 Å². The van der Waals surface area contributed by atoms with Gasteiger partial charge in [0.1, 0.15) is 0 Å². The molecule has 0 unspecified atom stereocenters. The minimum Gasteiger partial charge on any atom is -0.550 e. The predicted molar refractivity (Wildman–Crippen MR) is 72.7 cm³/mol. The molecule has 0 heterocycles. The van der Waals surface area contributed by atoms with Gasteiger partial charge in [-0.3, -0.25) is 0 Å². The molecule has 0 saturated heterocycles. The summed E-state index contributed by atoms with van der Waals surface area (Å²) < 4.78 is 0. The minimum atomic E-state index is -0.995. The Bertz CT molecular complexity index is 228. The van der Waals surface area contributed by atoms with Gasteiger partial charge in [0.15, 0.2) is 0 Å². The Hall–Kier alpha value is 0.711. The quantitative estimate of drug-likeness (QED) is 0.375. The van der Waals surface area contributed by atoms with Gasteiger partial charge in [-0.1, -0.05) is 27.7 Å². The Balaban J connectivity index is -0.0000000376. The Kier molecular flexibility index (Phi) is 58.1. The third-order valence-electron chi connectivity index (χ3n) is 1.15. The molecule has 0 saturated carbocycles. The van der Waals surface area contributed by atoms with Gasteiger partial charge in [0.05, 0.1) is 0 Å². The Morgan fingerprint density at radius 3 is 0.591 bits per heavy atom. The molecule has 10 heteroatoms. The van der Waals surface area contributed by atoms with Crippen molar-refractivity contribution in [1.82, 2.24) is 0 Å². The second-order valence-electron chi connectivity index (χ2n) is 2.90. The molecule has 0 aromatic carbocycles. The molecule has 0 N–H and O–H groups in total. The van der Waals surface area contributed by atoms with E-state index < -0.39 is 23.9 Å². The molecule has 0 aromatic rings. The standard InChI is InChI=1S/4C3H6O2.Ba.Ca/c4*1-2-3(4)5;;/h4*2H2,1H3,(H,4,5);;/q;;;;2*+2/p-4. The SMILES string of the molecule is CCC(=O)[O-].CCC(=O)[O-].CCC(=O)[O-].CCC(=O)[O-].[Ba+2].[Ca+2]. The molecule has 0 bridgehead atoms. The van der Waals surface area contributed by atoms with Gasteiger partial charge < -0.3 is 39.6 Å². The molecule has 0 amide bonds. The van der Waals surface area contributed by atoms with Crippen LogP contribution in [0.1, 0.15) is 53.4 Å². The second kappa shape index (κ2) is 33.3. The summed E-state index contributed by atoms with van der Waals surface area (Å²) in [5, 5.41) is 37.0. The number of rotatable bonds is 4. The number of hydrogen-bond donors (Lipinski definition) is 0. The summed E-state index contributed by atoms with van der Waals surface area (Å²) in [5.41, 5.74) is 0. The first-order valence-electron chi connectivity index (χ1n) is 5.88. The molecule has 120 valence electrons. The van der Waals surface area contributed by atoms with Crippen molar-refractivity contribution in [2.45, 2.75) is 53.4 Å². The summed E-state index contributed by atoms with van der Waals surface area (Å²) in [6.45, 7) is 6.15. The van der Waals surface area contributed by atoms with Gasteiger partial charge in [0.2, 0.25) is 0 Å². The Labute approximate surface area is 200 Å². The van der Waals surface area contributed by atoms with Crippen LogP contribution in [0.2, 0.25) is 0 Å². The molecule has 0 atom stereocenters. The van der Waals surface area contributed by atoms with Crippen molar-refractivity contribution < 1.29 is 39.6 Å². The van der Waals surface area contributed by atoms with Crippen LogP contribution >= 0.6 is 0 Å². The van der Waals surface area contributed by atoms with Gasteiger partial charge in [0, 0.05) is 23.9 Å². The average molecular weight is 470 g/mol. The number of hydrogen-bond acceptors (Lipinski definition) is 8. The van der Waals surface area contributed by atoms with Crippen LogP contribution in [0.5, 0.6) is 0 Å². The van der Waals surface area contributed by atoms with Crippen LogP contribution in [0, 0.1) is 0 Å². The van der Waals surface area contributed by atoms with Crippen molar-refractivity contribution in [3.8, 4) is 0 Å². The van der Waals surface area contributed by atoms with Crippen molar-refractivity contribution in [2.75, 3.05) is 0 Å². The molecule has 0 aromatic heterocycles. The normalized spacial score (nSPS) is 6.73. The van der Waals surface area contributed by atoms with E-state index in [4.69, 9.17) is 0 Å². The fraction of sp³-hybridized carbons (Fsp3) is 0.667. The van der Waals surface area contributed by atoms with Gasteiger partial charge in [-0.25, -0.2) is 0 Å². The molecule has 8 nitrogen and oxygen atoms in total. The predicted octanol–water partition coefficient (Wildman–Crippen LogP) is -4.18. The molecule has 0 aliphatic rings. The fourth-order valence-corrected chi connectivity index (χ4v) is 0. The van der Waals surface area contributed by atoms with Crippen LogP contribution in [0.15, 0.2) is 0 Å². The van der Waals surface area contributed by atoms with E-state index in [1.807, 2.05) is 0 Å². The largest absolute Gasteiger partial charge is 2.00 e. The van der Waals surface area contributed by atoms with Crippen LogP contribution in [-0.4, -0.2) is 110 Å². The minimum absolute atomic E-state index is 0. The third kappa shape index (κ3) is 106.